The zero-order chi connectivity index (χ0) is 13.4. The molecule has 0 aliphatic carbocycles. The number of aliphatic hydroxyl groups is 1. The number of nitrogens with zero attached hydrogens (tertiary/aromatic N) is 2. The van der Waals surface area contributed by atoms with Gasteiger partial charge in [0.25, 0.3) is 0 Å². The summed E-state index contributed by atoms with van der Waals surface area (Å²) in [7, 11) is 0. The molecule has 2 aromatic rings. The van der Waals surface area contributed by atoms with Gasteiger partial charge in [-0.1, -0.05) is 0 Å². The average Bonchev–Trinajstić information content (AvgIpc) is 2.86. The number of hydrogen-bond donors (Lipinski definition) is 2. The van der Waals surface area contributed by atoms with Crippen LogP contribution in [0.15, 0.2) is 27.9 Å². The summed E-state index contributed by atoms with van der Waals surface area (Å²) in [5.74, 6) is 0. The molecule has 1 saturated heterocycles. The lowest BCUT2D eigenvalue weighted by atomic mass is 10.2. The van der Waals surface area contributed by atoms with Crippen LogP contribution in [-0.2, 0) is 4.74 Å². The number of ether oxygens (including phenoxy) is 1. The third-order valence-corrected chi connectivity index (χ3v) is 3.23. The average molecular weight is 263 g/mol. The number of fused-ring (bicyclic) bond motifs is 1. The normalized spacial score (nSPS) is 23.0. The first kappa shape index (κ1) is 12.1. The summed E-state index contributed by atoms with van der Waals surface area (Å²) < 4.78 is 6.95. The van der Waals surface area contributed by atoms with Gasteiger partial charge >= 0.3 is 5.69 Å². The van der Waals surface area contributed by atoms with E-state index in [4.69, 9.17) is 9.84 Å². The van der Waals surface area contributed by atoms with Gasteiger partial charge < -0.3 is 14.8 Å². The third-order valence-electron chi connectivity index (χ3n) is 3.23. The Kier molecular flexibility index (Phi) is 2.92. The van der Waals surface area contributed by atoms with Crippen molar-refractivity contribution >= 4 is 11.0 Å². The fourth-order valence-corrected chi connectivity index (χ4v) is 2.26. The van der Waals surface area contributed by atoms with Crippen molar-refractivity contribution in [3.63, 3.8) is 0 Å². The molecule has 1 aliphatic heterocycles. The molecular formula is C12H13N3O4. The molecule has 1 fully saturated rings. The Bertz CT molecular complexity index is 721. The highest BCUT2D eigenvalue weighted by atomic mass is 16.5. The lowest BCUT2D eigenvalue weighted by Gasteiger charge is -2.14. The highest BCUT2D eigenvalue weighted by Crippen LogP contribution is 2.26. The second-order valence-corrected chi connectivity index (χ2v) is 4.53. The molecule has 0 amide bonds. The Labute approximate surface area is 107 Å². The summed E-state index contributed by atoms with van der Waals surface area (Å²) >= 11 is 0. The molecule has 1 aliphatic rings. The summed E-state index contributed by atoms with van der Waals surface area (Å²) in [5.41, 5.74) is -0.502. The van der Waals surface area contributed by atoms with E-state index in [1.807, 2.05) is 0 Å². The topological polar surface area (TPSA) is 97.2 Å². The lowest BCUT2D eigenvalue weighted by Crippen LogP contribution is -2.28. The fraction of sp³-hybridized carbons (Fsp3) is 0.417. The Balaban J connectivity index is 2.05. The first-order chi connectivity index (χ1) is 9.17. The van der Waals surface area contributed by atoms with Crippen LogP contribution in [0.5, 0.6) is 0 Å². The summed E-state index contributed by atoms with van der Waals surface area (Å²) in [6.07, 6.45) is 2.33. The number of rotatable bonds is 2. The molecule has 0 aromatic carbocycles. The summed E-state index contributed by atoms with van der Waals surface area (Å²) in [4.78, 5) is 29.4. The largest absolute Gasteiger partial charge is 0.394 e. The van der Waals surface area contributed by atoms with Crippen molar-refractivity contribution in [3.8, 4) is 0 Å². The van der Waals surface area contributed by atoms with Gasteiger partial charge in [0, 0.05) is 17.6 Å². The van der Waals surface area contributed by atoms with Crippen LogP contribution in [0.3, 0.4) is 0 Å². The predicted octanol–water partition coefficient (Wildman–Crippen LogP) is -0.245. The van der Waals surface area contributed by atoms with Crippen molar-refractivity contribution in [2.24, 2.45) is 0 Å². The van der Waals surface area contributed by atoms with E-state index in [0.717, 1.165) is 0 Å². The minimum atomic E-state index is -0.474. The van der Waals surface area contributed by atoms with E-state index in [2.05, 4.69) is 9.97 Å². The summed E-state index contributed by atoms with van der Waals surface area (Å²) in [6.45, 7) is -0.0560. The van der Waals surface area contributed by atoms with E-state index >= 15 is 0 Å². The van der Waals surface area contributed by atoms with Crippen molar-refractivity contribution in [1.82, 2.24) is 14.5 Å². The summed E-state index contributed by atoms with van der Waals surface area (Å²) in [6, 6.07) is 2.99. The van der Waals surface area contributed by atoms with E-state index in [0.29, 0.717) is 18.2 Å². The smallest absolute Gasteiger partial charge is 0.351 e. The van der Waals surface area contributed by atoms with Gasteiger partial charge in [0.2, 0.25) is 5.56 Å². The van der Waals surface area contributed by atoms with Gasteiger partial charge in [-0.3, -0.25) is 9.36 Å². The number of hydrogen-bond acceptors (Lipinski definition) is 5. The molecule has 0 bridgehead atoms. The maximum Gasteiger partial charge on any atom is 0.351 e. The number of H-pyrrole nitrogens is 1. The minimum Gasteiger partial charge on any atom is -0.394 e. The van der Waals surface area contributed by atoms with Crippen LogP contribution in [0.4, 0.5) is 0 Å². The molecule has 2 aromatic heterocycles. The van der Waals surface area contributed by atoms with Crippen LogP contribution in [-0.4, -0.2) is 32.4 Å². The molecule has 7 heteroatoms. The highest BCUT2D eigenvalue weighted by Gasteiger charge is 2.26. The minimum absolute atomic E-state index is 0.0560. The van der Waals surface area contributed by atoms with Crippen molar-refractivity contribution in [2.45, 2.75) is 25.2 Å². The first-order valence-electron chi connectivity index (χ1n) is 6.06. The number of aromatic amines is 1. The number of aliphatic hydroxyl groups excluding tert-OH is 1. The molecule has 3 rings (SSSR count). The van der Waals surface area contributed by atoms with Gasteiger partial charge in [0.1, 0.15) is 11.9 Å². The van der Waals surface area contributed by atoms with E-state index in [9.17, 15) is 9.59 Å². The van der Waals surface area contributed by atoms with E-state index < -0.39 is 11.9 Å². The van der Waals surface area contributed by atoms with Crippen LogP contribution in [0, 0.1) is 0 Å². The van der Waals surface area contributed by atoms with Crippen LogP contribution in [0.1, 0.15) is 19.1 Å². The second-order valence-electron chi connectivity index (χ2n) is 4.53. The quantitative estimate of drug-likeness (QED) is 0.779. The van der Waals surface area contributed by atoms with Gasteiger partial charge in [-0.15, -0.1) is 0 Å². The maximum atomic E-state index is 11.9. The van der Waals surface area contributed by atoms with Crippen molar-refractivity contribution < 1.29 is 9.84 Å². The van der Waals surface area contributed by atoms with Gasteiger partial charge in [0.05, 0.1) is 12.7 Å². The Hall–Kier alpha value is -1.99. The molecular weight excluding hydrogens is 250 g/mol. The Morgan fingerprint density at radius 2 is 2.26 bits per heavy atom. The molecule has 0 saturated carbocycles. The lowest BCUT2D eigenvalue weighted by molar-refractivity contribution is -0.0243. The molecule has 19 heavy (non-hydrogen) atoms. The molecule has 2 unspecified atom stereocenters. The van der Waals surface area contributed by atoms with Gasteiger partial charge in [-0.2, -0.15) is 4.98 Å². The molecule has 0 radical (unpaired) electrons. The van der Waals surface area contributed by atoms with Crippen molar-refractivity contribution in [1.29, 1.82) is 0 Å². The molecule has 2 N–H and O–H groups in total. The molecule has 3 heterocycles. The maximum absolute atomic E-state index is 11.9. The highest BCUT2D eigenvalue weighted by molar-refractivity contribution is 5.72. The van der Waals surface area contributed by atoms with E-state index in [1.54, 1.807) is 12.3 Å². The zero-order valence-electron chi connectivity index (χ0n) is 10.1. The van der Waals surface area contributed by atoms with Crippen molar-refractivity contribution in [3.05, 3.63) is 39.2 Å². The van der Waals surface area contributed by atoms with Gasteiger partial charge in [0.15, 0.2) is 0 Å². The Morgan fingerprint density at radius 1 is 1.42 bits per heavy atom. The Morgan fingerprint density at radius 3 is 3.00 bits per heavy atom. The second kappa shape index (κ2) is 4.60. The molecule has 7 nitrogen and oxygen atoms in total. The standard InChI is InChI=1S/C12H13N3O4/c16-6-8-2-4-10(19-8)15-5-7-1-3-9(17)13-11(7)14-12(15)18/h1,3,5,8,10,16H,2,4,6H2,(H,13,14,17,18). The van der Waals surface area contributed by atoms with Crippen LogP contribution in [0.2, 0.25) is 0 Å². The fourth-order valence-electron chi connectivity index (χ4n) is 2.26. The van der Waals surface area contributed by atoms with Crippen LogP contribution < -0.4 is 11.2 Å². The van der Waals surface area contributed by atoms with E-state index in [-0.39, 0.29) is 23.9 Å². The third kappa shape index (κ3) is 2.18. The van der Waals surface area contributed by atoms with Crippen molar-refractivity contribution in [2.75, 3.05) is 6.61 Å². The summed E-state index contributed by atoms with van der Waals surface area (Å²) in [5, 5.41) is 9.70. The number of aromatic nitrogens is 3. The first-order valence-corrected chi connectivity index (χ1v) is 6.06. The van der Waals surface area contributed by atoms with Crippen LogP contribution in [0.25, 0.3) is 11.0 Å². The SMILES string of the molecule is O=c1ccc2cn(C3CCC(CO)O3)c(=O)nc2[nH]1. The van der Waals surface area contributed by atoms with Gasteiger partial charge in [-0.05, 0) is 18.9 Å². The monoisotopic (exact) mass is 263 g/mol. The van der Waals surface area contributed by atoms with Crippen LogP contribution >= 0.6 is 0 Å². The molecule has 2 atom stereocenters. The number of nitrogens with one attached hydrogen (secondary N) is 1. The number of pyridine rings is 1. The van der Waals surface area contributed by atoms with Gasteiger partial charge in [-0.25, -0.2) is 4.79 Å². The molecule has 0 spiro atoms. The zero-order valence-corrected chi connectivity index (χ0v) is 10.1. The van der Waals surface area contributed by atoms with E-state index in [1.165, 1.54) is 10.6 Å². The predicted molar refractivity (Wildman–Crippen MR) is 66.9 cm³/mol. The molecule has 100 valence electrons.